The van der Waals surface area contributed by atoms with E-state index < -0.39 is 0 Å². The monoisotopic (exact) mass is 566 g/mol. The Labute approximate surface area is 250 Å². The van der Waals surface area contributed by atoms with E-state index in [-0.39, 0.29) is 0 Å². The highest BCUT2D eigenvalue weighted by molar-refractivity contribution is 7.26. The SMILES string of the molecule is c1ccc2c(c1)sc1cc(-c3c4ccccc4c(-c4cc5cccc6sc7cccc4c7c56)c4ccccc34)ccc12. The van der Waals surface area contributed by atoms with Gasteiger partial charge in [-0.1, -0.05) is 103 Å². The van der Waals surface area contributed by atoms with Crippen LogP contribution in [0, 0.1) is 0 Å². The van der Waals surface area contributed by atoms with Crippen LogP contribution in [0.2, 0.25) is 0 Å². The zero-order valence-electron chi connectivity index (χ0n) is 22.5. The van der Waals surface area contributed by atoms with E-state index in [1.54, 1.807) is 0 Å². The van der Waals surface area contributed by atoms with Gasteiger partial charge in [0.2, 0.25) is 0 Å². The Bertz CT molecular complexity index is 2630. The van der Waals surface area contributed by atoms with Crippen molar-refractivity contribution in [2.45, 2.75) is 0 Å². The van der Waals surface area contributed by atoms with Gasteiger partial charge in [0.1, 0.15) is 0 Å². The Morgan fingerprint density at radius 2 is 0.881 bits per heavy atom. The summed E-state index contributed by atoms with van der Waals surface area (Å²) in [6, 6.07) is 49.9. The van der Waals surface area contributed by atoms with Gasteiger partial charge in [0.15, 0.2) is 0 Å². The van der Waals surface area contributed by atoms with Gasteiger partial charge in [-0.05, 0) is 84.9 Å². The Balaban J connectivity index is 1.35. The zero-order chi connectivity index (χ0) is 27.4. The first-order valence-corrected chi connectivity index (χ1v) is 16.0. The number of rotatable bonds is 2. The minimum atomic E-state index is 1.28. The molecule has 0 bridgehead atoms. The number of benzene rings is 8. The minimum absolute atomic E-state index is 1.28. The summed E-state index contributed by atoms with van der Waals surface area (Å²) in [5.41, 5.74) is 5.24. The van der Waals surface area contributed by atoms with Gasteiger partial charge >= 0.3 is 0 Å². The van der Waals surface area contributed by atoms with E-state index in [2.05, 4.69) is 133 Å². The van der Waals surface area contributed by atoms with Crippen LogP contribution in [0.25, 0.3) is 94.9 Å². The molecule has 10 rings (SSSR count). The van der Waals surface area contributed by atoms with Crippen molar-refractivity contribution >= 4 is 95.3 Å². The Morgan fingerprint density at radius 3 is 1.64 bits per heavy atom. The third-order valence-corrected chi connectivity index (χ3v) is 11.3. The second-order valence-electron chi connectivity index (χ2n) is 11.2. The topological polar surface area (TPSA) is 0 Å². The van der Waals surface area contributed by atoms with Gasteiger partial charge in [-0.2, -0.15) is 0 Å². The second kappa shape index (κ2) is 8.39. The van der Waals surface area contributed by atoms with Crippen molar-refractivity contribution in [1.29, 1.82) is 0 Å². The van der Waals surface area contributed by atoms with Crippen LogP contribution in [0.15, 0.2) is 133 Å². The average Bonchev–Trinajstić information content (AvgIpc) is 3.61. The van der Waals surface area contributed by atoms with Crippen molar-refractivity contribution in [3.05, 3.63) is 133 Å². The van der Waals surface area contributed by atoms with Gasteiger partial charge in [-0.3, -0.25) is 0 Å². The standard InChI is InChI=1S/C40H22S2/c1-3-13-29-27(11-1)37(24-19-20-26-25-10-5-6-16-33(25)41-36(26)22-24)28-12-2-4-14-30(28)39(29)32-21-23-9-7-17-34-38(23)40-31(32)15-8-18-35(40)42-34/h1-22H. The van der Waals surface area contributed by atoms with Crippen molar-refractivity contribution < 1.29 is 0 Å². The summed E-state index contributed by atoms with van der Waals surface area (Å²) < 4.78 is 5.41. The summed E-state index contributed by atoms with van der Waals surface area (Å²) in [6.07, 6.45) is 0. The number of thiophene rings is 2. The Kier molecular flexibility index (Phi) is 4.57. The molecule has 0 aliphatic carbocycles. The molecule has 0 N–H and O–H groups in total. The molecule has 0 aliphatic rings. The highest BCUT2D eigenvalue weighted by Gasteiger charge is 2.21. The summed E-state index contributed by atoms with van der Waals surface area (Å²) in [7, 11) is 0. The molecule has 0 aliphatic heterocycles. The maximum atomic E-state index is 2.44. The molecule has 10 aromatic rings. The third kappa shape index (κ3) is 3.01. The van der Waals surface area contributed by atoms with E-state index in [0.717, 1.165) is 0 Å². The number of hydrogen-bond acceptors (Lipinski definition) is 2. The van der Waals surface area contributed by atoms with E-state index in [9.17, 15) is 0 Å². The first kappa shape index (κ1) is 22.9. The molecule has 2 aromatic heterocycles. The molecule has 42 heavy (non-hydrogen) atoms. The first-order chi connectivity index (χ1) is 20.8. The van der Waals surface area contributed by atoms with E-state index in [0.29, 0.717) is 0 Å². The van der Waals surface area contributed by atoms with E-state index in [1.807, 2.05) is 22.7 Å². The Morgan fingerprint density at radius 1 is 0.333 bits per heavy atom. The molecule has 194 valence electrons. The summed E-state index contributed by atoms with van der Waals surface area (Å²) in [5, 5.41) is 13.3. The molecule has 0 radical (unpaired) electrons. The van der Waals surface area contributed by atoms with E-state index >= 15 is 0 Å². The van der Waals surface area contributed by atoms with Gasteiger partial charge in [-0.25, -0.2) is 0 Å². The fraction of sp³-hybridized carbons (Fsp3) is 0. The van der Waals surface area contributed by atoms with Crippen molar-refractivity contribution in [3.63, 3.8) is 0 Å². The lowest BCUT2D eigenvalue weighted by Crippen LogP contribution is -1.92. The molecule has 0 saturated heterocycles. The van der Waals surface area contributed by atoms with Gasteiger partial charge in [0, 0.05) is 40.3 Å². The maximum absolute atomic E-state index is 2.44. The summed E-state index contributed by atoms with van der Waals surface area (Å²) >= 11 is 3.79. The summed E-state index contributed by atoms with van der Waals surface area (Å²) in [5.74, 6) is 0. The van der Waals surface area contributed by atoms with Crippen LogP contribution in [-0.4, -0.2) is 0 Å². The second-order valence-corrected chi connectivity index (χ2v) is 13.4. The molecule has 8 aromatic carbocycles. The van der Waals surface area contributed by atoms with E-state index in [1.165, 1.54) is 94.9 Å². The number of fused-ring (bicyclic) bond motifs is 5. The molecule has 0 fully saturated rings. The van der Waals surface area contributed by atoms with Crippen molar-refractivity contribution in [1.82, 2.24) is 0 Å². The minimum Gasteiger partial charge on any atom is -0.135 e. The Hall–Kier alpha value is -4.76. The van der Waals surface area contributed by atoms with Crippen LogP contribution in [0.3, 0.4) is 0 Å². The smallest absolute Gasteiger partial charge is 0.0361 e. The van der Waals surface area contributed by atoms with Gasteiger partial charge in [-0.15, -0.1) is 22.7 Å². The molecule has 2 heterocycles. The molecule has 2 heteroatoms. The third-order valence-electron chi connectivity index (χ3n) is 9.01. The fourth-order valence-corrected chi connectivity index (χ4v) is 9.60. The van der Waals surface area contributed by atoms with E-state index in [4.69, 9.17) is 0 Å². The molecule has 0 spiro atoms. The van der Waals surface area contributed by atoms with Crippen LogP contribution in [0.1, 0.15) is 0 Å². The van der Waals surface area contributed by atoms with Crippen LogP contribution in [0.4, 0.5) is 0 Å². The molecule has 0 amide bonds. The highest BCUT2D eigenvalue weighted by Crippen LogP contribution is 2.49. The van der Waals surface area contributed by atoms with Crippen LogP contribution in [0.5, 0.6) is 0 Å². The lowest BCUT2D eigenvalue weighted by molar-refractivity contribution is 1.71. The summed E-state index contributed by atoms with van der Waals surface area (Å²) in [6.45, 7) is 0. The highest BCUT2D eigenvalue weighted by atomic mass is 32.1. The molecule has 0 unspecified atom stereocenters. The maximum Gasteiger partial charge on any atom is 0.0361 e. The molecule has 0 nitrogen and oxygen atoms in total. The van der Waals surface area contributed by atoms with Crippen LogP contribution in [-0.2, 0) is 0 Å². The van der Waals surface area contributed by atoms with Gasteiger partial charge < -0.3 is 0 Å². The van der Waals surface area contributed by atoms with Crippen LogP contribution >= 0.6 is 22.7 Å². The van der Waals surface area contributed by atoms with Crippen molar-refractivity contribution in [2.24, 2.45) is 0 Å². The molecular formula is C40H22S2. The lowest BCUT2D eigenvalue weighted by atomic mass is 9.84. The quantitative estimate of drug-likeness (QED) is 0.144. The molecule has 0 saturated carbocycles. The van der Waals surface area contributed by atoms with Gasteiger partial charge in [0.05, 0.1) is 0 Å². The average molecular weight is 567 g/mol. The number of hydrogen-bond donors (Lipinski definition) is 0. The normalized spacial score (nSPS) is 12.3. The molecule has 0 atom stereocenters. The van der Waals surface area contributed by atoms with Gasteiger partial charge in [0.25, 0.3) is 0 Å². The van der Waals surface area contributed by atoms with Crippen LogP contribution < -0.4 is 0 Å². The van der Waals surface area contributed by atoms with Crippen molar-refractivity contribution in [3.8, 4) is 22.3 Å². The largest absolute Gasteiger partial charge is 0.135 e. The predicted octanol–water partition coefficient (Wildman–Crippen LogP) is 12.7. The summed E-state index contributed by atoms with van der Waals surface area (Å²) in [4.78, 5) is 0. The zero-order valence-corrected chi connectivity index (χ0v) is 24.2. The molecular weight excluding hydrogens is 545 g/mol. The lowest BCUT2D eigenvalue weighted by Gasteiger charge is -2.19. The first-order valence-electron chi connectivity index (χ1n) is 14.4. The predicted molar refractivity (Wildman–Crippen MR) is 187 cm³/mol. The van der Waals surface area contributed by atoms with Crippen molar-refractivity contribution in [2.75, 3.05) is 0 Å². The fourth-order valence-electron chi connectivity index (χ4n) is 7.29.